The second kappa shape index (κ2) is 6.60. The summed E-state index contributed by atoms with van der Waals surface area (Å²) in [6.45, 7) is 3.71. The van der Waals surface area contributed by atoms with Gasteiger partial charge >= 0.3 is 5.97 Å². The molecule has 9 heteroatoms. The SMILES string of the molecule is Cc1cc(C)n2nc(CC(=O)OCc3nc(N)c4ccccc4n3)nc2n1. The Labute approximate surface area is 154 Å². The van der Waals surface area contributed by atoms with Crippen molar-refractivity contribution < 1.29 is 9.53 Å². The Morgan fingerprint density at radius 1 is 1.11 bits per heavy atom. The van der Waals surface area contributed by atoms with Crippen molar-refractivity contribution in [2.24, 2.45) is 0 Å². The maximum Gasteiger partial charge on any atom is 0.314 e. The number of nitrogens with zero attached hydrogens (tertiary/aromatic N) is 6. The highest BCUT2D eigenvalue weighted by Gasteiger charge is 2.14. The highest BCUT2D eigenvalue weighted by Crippen LogP contribution is 2.17. The Kier molecular flexibility index (Phi) is 4.11. The Morgan fingerprint density at radius 3 is 2.78 bits per heavy atom. The van der Waals surface area contributed by atoms with Crippen LogP contribution in [0.1, 0.15) is 23.0 Å². The number of hydrogen-bond donors (Lipinski definition) is 1. The minimum absolute atomic E-state index is 0.0646. The summed E-state index contributed by atoms with van der Waals surface area (Å²) in [5.41, 5.74) is 8.37. The van der Waals surface area contributed by atoms with Gasteiger partial charge in [0.25, 0.3) is 5.78 Å². The number of nitrogens with two attached hydrogens (primary N) is 1. The van der Waals surface area contributed by atoms with Crippen molar-refractivity contribution in [3.63, 3.8) is 0 Å². The zero-order chi connectivity index (χ0) is 19.0. The fraction of sp³-hybridized carbons (Fsp3) is 0.222. The number of anilines is 1. The number of hydrogen-bond acceptors (Lipinski definition) is 8. The van der Waals surface area contributed by atoms with Gasteiger partial charge in [-0.2, -0.15) is 4.98 Å². The van der Waals surface area contributed by atoms with E-state index in [1.807, 2.05) is 44.2 Å². The van der Waals surface area contributed by atoms with Gasteiger partial charge in [-0.3, -0.25) is 4.79 Å². The van der Waals surface area contributed by atoms with E-state index in [-0.39, 0.29) is 13.0 Å². The first-order chi connectivity index (χ1) is 13.0. The van der Waals surface area contributed by atoms with Crippen LogP contribution >= 0.6 is 0 Å². The van der Waals surface area contributed by atoms with Crippen molar-refractivity contribution >= 4 is 28.5 Å². The fourth-order valence-electron chi connectivity index (χ4n) is 2.82. The van der Waals surface area contributed by atoms with Crippen LogP contribution in [-0.4, -0.2) is 35.5 Å². The molecule has 0 radical (unpaired) electrons. The minimum Gasteiger partial charge on any atom is -0.457 e. The molecule has 4 aromatic rings. The number of benzene rings is 1. The molecule has 3 heterocycles. The molecule has 0 bridgehead atoms. The van der Waals surface area contributed by atoms with Crippen molar-refractivity contribution in [2.45, 2.75) is 26.9 Å². The van der Waals surface area contributed by atoms with Gasteiger partial charge in [0.2, 0.25) is 0 Å². The van der Waals surface area contributed by atoms with Crippen molar-refractivity contribution in [1.82, 2.24) is 29.5 Å². The van der Waals surface area contributed by atoms with Gasteiger partial charge in [0.15, 0.2) is 18.3 Å². The molecule has 0 unspecified atom stereocenters. The number of aromatic nitrogens is 6. The van der Waals surface area contributed by atoms with Gasteiger partial charge in [-0.1, -0.05) is 12.1 Å². The Balaban J connectivity index is 1.46. The summed E-state index contributed by atoms with van der Waals surface area (Å²) < 4.78 is 6.86. The molecule has 0 saturated carbocycles. The number of rotatable bonds is 4. The van der Waals surface area contributed by atoms with E-state index >= 15 is 0 Å². The smallest absolute Gasteiger partial charge is 0.314 e. The highest BCUT2D eigenvalue weighted by atomic mass is 16.5. The van der Waals surface area contributed by atoms with Crippen LogP contribution in [-0.2, 0) is 22.6 Å². The van der Waals surface area contributed by atoms with Crippen molar-refractivity contribution in [1.29, 1.82) is 0 Å². The number of ether oxygens (including phenoxy) is 1. The lowest BCUT2D eigenvalue weighted by Gasteiger charge is -2.06. The van der Waals surface area contributed by atoms with Crippen molar-refractivity contribution in [2.75, 3.05) is 5.73 Å². The van der Waals surface area contributed by atoms with E-state index in [4.69, 9.17) is 10.5 Å². The van der Waals surface area contributed by atoms with Gasteiger partial charge in [-0.05, 0) is 32.0 Å². The van der Waals surface area contributed by atoms with Gasteiger partial charge < -0.3 is 10.5 Å². The van der Waals surface area contributed by atoms with Gasteiger partial charge in [-0.25, -0.2) is 19.5 Å². The van der Waals surface area contributed by atoms with Crippen LogP contribution in [0.2, 0.25) is 0 Å². The molecule has 0 saturated heterocycles. The molecule has 0 aliphatic carbocycles. The number of esters is 1. The van der Waals surface area contributed by atoms with Crippen molar-refractivity contribution in [3.8, 4) is 0 Å². The molecule has 0 atom stereocenters. The standard InChI is InChI=1S/C18H17N7O2/c1-10-7-11(2)25-18(20-10)23-14(24-25)8-16(26)27-9-15-21-13-6-4-3-5-12(13)17(19)22-15/h3-7H,8-9H2,1-2H3,(H2,19,21,22). The van der Waals surface area contributed by atoms with Gasteiger partial charge in [0.1, 0.15) is 12.2 Å². The highest BCUT2D eigenvalue weighted by molar-refractivity contribution is 5.87. The monoisotopic (exact) mass is 363 g/mol. The first kappa shape index (κ1) is 16.8. The Bertz CT molecular complexity index is 1170. The van der Waals surface area contributed by atoms with E-state index in [0.717, 1.165) is 16.8 Å². The van der Waals surface area contributed by atoms with Gasteiger partial charge in [0, 0.05) is 16.8 Å². The molecule has 136 valence electrons. The van der Waals surface area contributed by atoms with Gasteiger partial charge in [-0.15, -0.1) is 5.10 Å². The maximum absolute atomic E-state index is 12.1. The molecular formula is C18H17N7O2. The third-order valence-corrected chi connectivity index (χ3v) is 4.01. The first-order valence-electron chi connectivity index (χ1n) is 8.36. The second-order valence-electron chi connectivity index (χ2n) is 6.16. The molecule has 0 amide bonds. The average Bonchev–Trinajstić information content (AvgIpc) is 3.02. The number of aryl methyl sites for hydroxylation is 2. The third kappa shape index (κ3) is 3.39. The van der Waals surface area contributed by atoms with Crippen LogP contribution in [0.4, 0.5) is 5.82 Å². The molecule has 27 heavy (non-hydrogen) atoms. The predicted molar refractivity (Wildman–Crippen MR) is 97.7 cm³/mol. The number of nitrogen functional groups attached to an aromatic ring is 1. The maximum atomic E-state index is 12.1. The van der Waals surface area contributed by atoms with Crippen LogP contribution in [0.15, 0.2) is 30.3 Å². The lowest BCUT2D eigenvalue weighted by Crippen LogP contribution is -2.11. The summed E-state index contributed by atoms with van der Waals surface area (Å²) in [5.74, 6) is 1.03. The van der Waals surface area contributed by atoms with Crippen molar-refractivity contribution in [3.05, 3.63) is 53.4 Å². The molecule has 4 rings (SSSR count). The van der Waals surface area contributed by atoms with Crippen LogP contribution in [0.25, 0.3) is 16.7 Å². The van der Waals surface area contributed by atoms with E-state index in [0.29, 0.717) is 28.8 Å². The molecule has 2 N–H and O–H groups in total. The molecule has 1 aromatic carbocycles. The summed E-state index contributed by atoms with van der Waals surface area (Å²) >= 11 is 0. The first-order valence-corrected chi connectivity index (χ1v) is 8.36. The summed E-state index contributed by atoms with van der Waals surface area (Å²) in [6.07, 6.45) is -0.0646. The van der Waals surface area contributed by atoms with E-state index in [9.17, 15) is 4.79 Å². The second-order valence-corrected chi connectivity index (χ2v) is 6.16. The van der Waals surface area contributed by atoms with E-state index in [1.165, 1.54) is 0 Å². The fourth-order valence-corrected chi connectivity index (χ4v) is 2.82. The molecule has 0 fully saturated rings. The molecule has 3 aromatic heterocycles. The largest absolute Gasteiger partial charge is 0.457 e. The van der Waals surface area contributed by atoms with E-state index in [1.54, 1.807) is 4.52 Å². The lowest BCUT2D eigenvalue weighted by atomic mass is 10.2. The van der Waals surface area contributed by atoms with Gasteiger partial charge in [0.05, 0.1) is 5.52 Å². The Morgan fingerprint density at radius 2 is 1.93 bits per heavy atom. The molecule has 0 aliphatic rings. The third-order valence-electron chi connectivity index (χ3n) is 4.01. The topological polar surface area (TPSA) is 121 Å². The molecule has 0 aliphatic heterocycles. The number of fused-ring (bicyclic) bond motifs is 2. The molecular weight excluding hydrogens is 346 g/mol. The van der Waals surface area contributed by atoms with Crippen LogP contribution in [0, 0.1) is 13.8 Å². The molecule has 9 nitrogen and oxygen atoms in total. The Hall–Kier alpha value is -3.62. The summed E-state index contributed by atoms with van der Waals surface area (Å²) in [7, 11) is 0. The quantitative estimate of drug-likeness (QED) is 0.542. The van der Waals surface area contributed by atoms with Crippen LogP contribution in [0.5, 0.6) is 0 Å². The number of para-hydroxylation sites is 1. The predicted octanol–water partition coefficient (Wildman–Crippen LogP) is 1.55. The van der Waals surface area contributed by atoms with Crippen LogP contribution in [0.3, 0.4) is 0 Å². The van der Waals surface area contributed by atoms with E-state index < -0.39 is 5.97 Å². The summed E-state index contributed by atoms with van der Waals surface area (Å²) in [5, 5.41) is 5.06. The lowest BCUT2D eigenvalue weighted by molar-refractivity contribution is -0.144. The summed E-state index contributed by atoms with van der Waals surface area (Å²) in [6, 6.07) is 9.29. The average molecular weight is 363 g/mol. The number of carbonyl (C=O) groups excluding carboxylic acids is 1. The number of carbonyl (C=O) groups is 1. The normalized spacial score (nSPS) is 11.2. The zero-order valence-corrected chi connectivity index (χ0v) is 14.9. The zero-order valence-electron chi connectivity index (χ0n) is 14.9. The van der Waals surface area contributed by atoms with E-state index in [2.05, 4.69) is 25.0 Å². The molecule has 0 spiro atoms. The van der Waals surface area contributed by atoms with Crippen LogP contribution < -0.4 is 5.73 Å². The summed E-state index contributed by atoms with van der Waals surface area (Å²) in [4.78, 5) is 29.3. The minimum atomic E-state index is -0.476.